The number of anilines is 1. The van der Waals surface area contributed by atoms with Crippen LogP contribution >= 0.6 is 23.5 Å². The van der Waals surface area contributed by atoms with E-state index in [9.17, 15) is 4.79 Å². The average Bonchev–Trinajstić information content (AvgIpc) is 2.57. The van der Waals surface area contributed by atoms with Gasteiger partial charge in [0.25, 0.3) is 0 Å². The van der Waals surface area contributed by atoms with Crippen LogP contribution in [0.15, 0.2) is 5.16 Å². The molecule has 0 saturated heterocycles. The first-order valence-electron chi connectivity index (χ1n) is 4.60. The van der Waals surface area contributed by atoms with E-state index in [1.54, 1.807) is 16.3 Å². The molecule has 0 aromatic carbocycles. The second-order valence-corrected chi connectivity index (χ2v) is 5.40. The number of aliphatic carboxylic acids is 1. The topological polar surface area (TPSA) is 94.0 Å². The molecule has 6 nitrogen and oxygen atoms in total. The summed E-state index contributed by atoms with van der Waals surface area (Å²) in [4.78, 5) is 10.5. The molecule has 0 spiro atoms. The first-order chi connectivity index (χ1) is 7.54. The molecule has 3 N–H and O–H groups in total. The quantitative estimate of drug-likeness (QED) is 0.732. The maximum Gasteiger partial charge on any atom is 0.313 e. The number of hydrogen-bond donors (Lipinski definition) is 2. The highest BCUT2D eigenvalue weighted by Crippen LogP contribution is 2.20. The second-order valence-electron chi connectivity index (χ2n) is 3.18. The van der Waals surface area contributed by atoms with Gasteiger partial charge in [-0.05, 0) is 6.26 Å². The molecule has 0 aliphatic carbocycles. The van der Waals surface area contributed by atoms with Gasteiger partial charge in [0.2, 0.25) is 5.95 Å². The Morgan fingerprint density at radius 3 is 2.88 bits per heavy atom. The van der Waals surface area contributed by atoms with Crippen LogP contribution in [-0.2, 0) is 11.3 Å². The van der Waals surface area contributed by atoms with Crippen LogP contribution in [0.1, 0.15) is 6.92 Å². The molecule has 1 rings (SSSR count). The summed E-state index contributed by atoms with van der Waals surface area (Å²) in [6.07, 6.45) is 2.01. The van der Waals surface area contributed by atoms with Crippen molar-refractivity contribution in [3.05, 3.63) is 0 Å². The third-order valence-corrected chi connectivity index (χ3v) is 3.82. The predicted molar refractivity (Wildman–Crippen MR) is 65.8 cm³/mol. The molecule has 0 aliphatic rings. The molecule has 1 aromatic rings. The predicted octanol–water partition coefficient (Wildman–Crippen LogP) is 0.788. The van der Waals surface area contributed by atoms with Crippen molar-refractivity contribution in [3.8, 4) is 0 Å². The van der Waals surface area contributed by atoms with Gasteiger partial charge in [0, 0.05) is 11.8 Å². The van der Waals surface area contributed by atoms with Crippen molar-refractivity contribution in [3.63, 3.8) is 0 Å². The summed E-state index contributed by atoms with van der Waals surface area (Å²) in [7, 11) is 0. The minimum Gasteiger partial charge on any atom is -0.481 e. The summed E-state index contributed by atoms with van der Waals surface area (Å²) in [5, 5.41) is 17.1. The van der Waals surface area contributed by atoms with Gasteiger partial charge in [-0.15, -0.1) is 10.2 Å². The fraction of sp³-hybridized carbons (Fsp3) is 0.625. The summed E-state index contributed by atoms with van der Waals surface area (Å²) in [5.74, 6) is -0.587. The summed E-state index contributed by atoms with van der Waals surface area (Å²) < 4.78 is 1.74. The Balaban J connectivity index is 2.73. The monoisotopic (exact) mass is 262 g/mol. The molecule has 90 valence electrons. The highest BCUT2D eigenvalue weighted by molar-refractivity contribution is 7.99. The van der Waals surface area contributed by atoms with Gasteiger partial charge in [0.1, 0.15) is 0 Å². The molecule has 1 aromatic heterocycles. The molecule has 1 unspecified atom stereocenters. The number of carboxylic acid groups (broad SMARTS) is 1. The molecule has 0 saturated carbocycles. The van der Waals surface area contributed by atoms with Crippen LogP contribution in [0.25, 0.3) is 0 Å². The summed E-state index contributed by atoms with van der Waals surface area (Å²) in [5.41, 5.74) is 5.67. The van der Waals surface area contributed by atoms with E-state index in [2.05, 4.69) is 17.1 Å². The second kappa shape index (κ2) is 6.00. The van der Waals surface area contributed by atoms with Crippen LogP contribution in [0.2, 0.25) is 0 Å². The first kappa shape index (κ1) is 13.2. The molecular formula is C8H14N4O2S2. The summed E-state index contributed by atoms with van der Waals surface area (Å²) >= 11 is 2.84. The Morgan fingerprint density at radius 1 is 1.62 bits per heavy atom. The van der Waals surface area contributed by atoms with Crippen LogP contribution in [0, 0.1) is 0 Å². The van der Waals surface area contributed by atoms with Crippen molar-refractivity contribution >= 4 is 35.4 Å². The molecule has 8 heteroatoms. The van der Waals surface area contributed by atoms with E-state index in [-0.39, 0.29) is 5.75 Å². The molecule has 1 atom stereocenters. The van der Waals surface area contributed by atoms with E-state index in [1.807, 2.05) is 6.26 Å². The average molecular weight is 262 g/mol. The maximum absolute atomic E-state index is 10.5. The maximum atomic E-state index is 10.5. The van der Waals surface area contributed by atoms with Crippen LogP contribution in [-0.4, -0.2) is 43.1 Å². The third kappa shape index (κ3) is 3.60. The van der Waals surface area contributed by atoms with Gasteiger partial charge in [0.05, 0.1) is 5.75 Å². The zero-order chi connectivity index (χ0) is 12.1. The number of carboxylic acids is 1. The Bertz CT molecular complexity index is 369. The van der Waals surface area contributed by atoms with Crippen molar-refractivity contribution in [1.29, 1.82) is 0 Å². The van der Waals surface area contributed by atoms with Gasteiger partial charge in [-0.25, -0.2) is 0 Å². The molecule has 0 radical (unpaired) electrons. The number of nitrogens with two attached hydrogens (primary N) is 1. The van der Waals surface area contributed by atoms with E-state index < -0.39 is 5.97 Å². The minimum absolute atomic E-state index is 0.0359. The SMILES string of the molecule is CSC(C)Cn1c(N)nnc1SCC(=O)O. The van der Waals surface area contributed by atoms with Gasteiger partial charge in [-0.1, -0.05) is 18.7 Å². The van der Waals surface area contributed by atoms with E-state index in [0.29, 0.717) is 22.9 Å². The molecule has 16 heavy (non-hydrogen) atoms. The Kier molecular flexibility index (Phi) is 4.94. The molecular weight excluding hydrogens is 248 g/mol. The zero-order valence-corrected chi connectivity index (χ0v) is 10.7. The fourth-order valence-corrected chi connectivity index (χ4v) is 2.01. The van der Waals surface area contributed by atoms with Crippen LogP contribution in [0.3, 0.4) is 0 Å². The standard InChI is InChI=1S/C8H14N4O2S2/c1-5(15-2)3-12-7(9)10-11-8(12)16-4-6(13)14/h5H,3-4H2,1-2H3,(H2,9,10)(H,13,14). The highest BCUT2D eigenvalue weighted by Gasteiger charge is 2.13. The van der Waals surface area contributed by atoms with Gasteiger partial charge in [-0.3, -0.25) is 9.36 Å². The van der Waals surface area contributed by atoms with Crippen molar-refractivity contribution in [2.24, 2.45) is 0 Å². The Labute approximate surface area is 102 Å². The minimum atomic E-state index is -0.879. The molecule has 0 amide bonds. The molecule has 0 bridgehead atoms. The number of aromatic nitrogens is 3. The van der Waals surface area contributed by atoms with Crippen LogP contribution in [0.4, 0.5) is 5.95 Å². The van der Waals surface area contributed by atoms with Crippen LogP contribution in [0.5, 0.6) is 0 Å². The fourth-order valence-electron chi connectivity index (χ4n) is 1.04. The van der Waals surface area contributed by atoms with Gasteiger partial charge < -0.3 is 10.8 Å². The lowest BCUT2D eigenvalue weighted by Crippen LogP contribution is -2.13. The van der Waals surface area contributed by atoms with E-state index in [4.69, 9.17) is 10.8 Å². The Morgan fingerprint density at radius 2 is 2.31 bits per heavy atom. The first-order valence-corrected chi connectivity index (χ1v) is 6.88. The van der Waals surface area contributed by atoms with Crippen molar-refractivity contribution in [1.82, 2.24) is 14.8 Å². The smallest absolute Gasteiger partial charge is 0.313 e. The van der Waals surface area contributed by atoms with Crippen molar-refractivity contribution in [2.45, 2.75) is 23.9 Å². The number of nitrogens with zero attached hydrogens (tertiary/aromatic N) is 3. The van der Waals surface area contributed by atoms with Crippen molar-refractivity contribution in [2.75, 3.05) is 17.7 Å². The number of rotatable bonds is 6. The zero-order valence-electron chi connectivity index (χ0n) is 9.08. The number of nitrogen functional groups attached to an aromatic ring is 1. The molecule has 1 heterocycles. The number of thioether (sulfide) groups is 2. The molecule has 0 aliphatic heterocycles. The van der Waals surface area contributed by atoms with Gasteiger partial charge >= 0.3 is 5.97 Å². The van der Waals surface area contributed by atoms with E-state index in [1.165, 1.54) is 0 Å². The summed E-state index contributed by atoms with van der Waals surface area (Å²) in [6, 6.07) is 0. The normalized spacial score (nSPS) is 12.6. The lowest BCUT2D eigenvalue weighted by molar-refractivity contribution is -0.133. The lowest BCUT2D eigenvalue weighted by Gasteiger charge is -2.11. The third-order valence-electron chi connectivity index (χ3n) is 1.91. The van der Waals surface area contributed by atoms with Crippen molar-refractivity contribution < 1.29 is 9.90 Å². The summed E-state index contributed by atoms with van der Waals surface area (Å²) in [6.45, 7) is 2.75. The largest absolute Gasteiger partial charge is 0.481 e. The molecule has 0 fully saturated rings. The Hall–Kier alpha value is -0.890. The number of carbonyl (C=O) groups is 1. The lowest BCUT2D eigenvalue weighted by atomic mass is 10.5. The van der Waals surface area contributed by atoms with Gasteiger partial charge in [-0.2, -0.15) is 11.8 Å². The number of hydrogen-bond acceptors (Lipinski definition) is 6. The van der Waals surface area contributed by atoms with Crippen LogP contribution < -0.4 is 5.73 Å². The van der Waals surface area contributed by atoms with E-state index in [0.717, 1.165) is 11.8 Å². The van der Waals surface area contributed by atoms with Gasteiger partial charge in [0.15, 0.2) is 5.16 Å². The van der Waals surface area contributed by atoms with E-state index >= 15 is 0 Å². The highest BCUT2D eigenvalue weighted by atomic mass is 32.2.